The molecule has 142 heavy (non-hydrogen) atoms. The Bertz CT molecular complexity index is 5590. The lowest BCUT2D eigenvalue weighted by Gasteiger charge is -2.28. The number of carbonyl (C=O) groups is 4. The van der Waals surface area contributed by atoms with E-state index in [1.807, 2.05) is 111 Å². The molecule has 2 aliphatic carbocycles. The van der Waals surface area contributed by atoms with Gasteiger partial charge in [0, 0.05) is 107 Å². The number of carbonyl (C=O) groups excluding carboxylic acids is 4. The predicted molar refractivity (Wildman–Crippen MR) is 574 cm³/mol. The molecular weight excluding hydrogens is 1880 g/mol. The predicted octanol–water partition coefficient (Wildman–Crippen LogP) is 20.1. The molecule has 30 nitrogen and oxygen atoms in total. The van der Waals surface area contributed by atoms with Crippen LogP contribution in [-0.2, 0) is 40.1 Å². The van der Waals surface area contributed by atoms with E-state index in [9.17, 15) is 52.8 Å². The number of likely N-dealkylation sites (N-methyl/N-ethyl adjacent to an activating group) is 1. The Balaban J connectivity index is 0.000000257. The molecule has 8 aromatic carbocycles. The number of hydrogen-bond acceptors (Lipinski definition) is 22. The lowest BCUT2D eigenvalue weighted by Crippen LogP contribution is -2.32. The van der Waals surface area contributed by atoms with E-state index >= 15 is 0 Å². The van der Waals surface area contributed by atoms with Crippen molar-refractivity contribution in [2.75, 3.05) is 139 Å². The Morgan fingerprint density at radius 2 is 0.493 bits per heavy atom. The van der Waals surface area contributed by atoms with Crippen molar-refractivity contribution >= 4 is 86.5 Å². The van der Waals surface area contributed by atoms with E-state index in [0.717, 1.165) is 168 Å². The molecule has 2 saturated carbocycles. The van der Waals surface area contributed by atoms with Crippen molar-refractivity contribution in [3.63, 3.8) is 0 Å². The maximum absolute atomic E-state index is 13.3. The van der Waals surface area contributed by atoms with Crippen LogP contribution in [0.25, 0.3) is 0 Å². The van der Waals surface area contributed by atoms with Crippen molar-refractivity contribution in [3.8, 4) is 46.0 Å². The van der Waals surface area contributed by atoms with Gasteiger partial charge in [0.05, 0.1) is 22.7 Å². The van der Waals surface area contributed by atoms with Crippen molar-refractivity contribution in [3.05, 3.63) is 192 Å². The minimum Gasteiger partial charge on any atom is -0.454 e. The van der Waals surface area contributed by atoms with Crippen LogP contribution in [0.5, 0.6) is 46.0 Å². The van der Waals surface area contributed by atoms with Gasteiger partial charge < -0.3 is 69.6 Å². The third-order valence-corrected chi connectivity index (χ3v) is 28.3. The first-order valence-electron chi connectivity index (χ1n) is 51.2. The summed E-state index contributed by atoms with van der Waals surface area (Å²) >= 11 is 0. The second-order valence-corrected chi connectivity index (χ2v) is 43.3. The summed E-state index contributed by atoms with van der Waals surface area (Å²) in [5.74, 6) is 2.26. The number of unbranched alkanes of at least 4 members (excludes halogenated alkanes) is 8. The molecule has 4 amide bonds. The molecule has 2 fully saturated rings. The fourth-order valence-corrected chi connectivity index (χ4v) is 19.3. The van der Waals surface area contributed by atoms with E-state index in [0.29, 0.717) is 116 Å². The zero-order valence-electron chi connectivity index (χ0n) is 86.2. The molecule has 2 aliphatic rings. The number of hydrogen-bond donors (Lipinski definition) is 8. The van der Waals surface area contributed by atoms with Crippen LogP contribution in [0.1, 0.15) is 277 Å². The lowest BCUT2D eigenvalue weighted by molar-refractivity contribution is 0.0936. The zero-order chi connectivity index (χ0) is 104. The van der Waals surface area contributed by atoms with Gasteiger partial charge in [-0.25, -0.2) is 54.2 Å². The smallest absolute Gasteiger partial charge is 0.251 e. The highest BCUT2D eigenvalue weighted by Gasteiger charge is 2.33. The standard InChI is InChI=1S/C29H43N3O4S.C28H41N3O4S.C26H40N4O4S.C25H38N4O4S/c1-3-5-18-32(19-6-4-2)26-20-24(29(33)31-22-23-14-10-7-8-11-15-23)21-27(37(30,34)35)28(26)36-25-16-12-9-13-17-25;1-3-5-17-31(18-6-4-2)25-19-23(28(32)30-21-22-13-9-7-10-14-22)20-26(36(29,33)34)27(25)35-24-15-11-8-12-16-24;1-5-7-17-30(18-8-6-2)23-19-21(26(31)28-15-12-16-29(3)4)20-24(35(27,32)33)25(23)34-22-13-10-9-11-14-22;1-5-7-15-29(16-8-6-2)22-18-20(25(30)27-14-17-28(3)4)19-23(34(26,31)32)24(22)33-21-12-10-9-11-13-21/h9,12-13,16-17,20-21,23H,3-8,10-11,14-15,18-19,22H2,1-2H3,(H,31,33)(H2,30,34,35);8,11-12,15-16,19-20,22H,3-7,9-10,13-14,17-18,21H2,1-2H3,(H,30,32)(H2,29,33,34);9-11,13-14,19-20H,5-8,12,15-18H2,1-4H3,(H,28,31)(H2,27,32,33);9-13,18-19H,5-8,14-17H2,1-4H3,(H,27,30)(H2,26,31,32). The number of nitrogens with two attached hydrogens (primary N) is 4. The number of nitrogens with one attached hydrogen (secondary N) is 4. The third kappa shape index (κ3) is 40.7. The van der Waals surface area contributed by atoms with E-state index < -0.39 is 40.1 Å². The number of nitrogens with zero attached hydrogens (tertiary/aromatic N) is 6. The molecule has 0 saturated heterocycles. The number of benzene rings is 8. The van der Waals surface area contributed by atoms with Crippen LogP contribution in [0.2, 0.25) is 0 Å². The first kappa shape index (κ1) is 119. The van der Waals surface area contributed by atoms with Crippen molar-refractivity contribution in [2.24, 2.45) is 32.4 Å². The quantitative estimate of drug-likeness (QED) is 0.0130. The fraction of sp³-hybridized carbons (Fsp3) is 0.519. The second-order valence-electron chi connectivity index (χ2n) is 37.2. The minimum absolute atomic E-state index is 0.144. The third-order valence-electron chi connectivity index (χ3n) is 24.6. The van der Waals surface area contributed by atoms with E-state index in [-0.39, 0.29) is 88.5 Å². The fourth-order valence-electron chi connectivity index (χ4n) is 16.5. The molecule has 0 bridgehead atoms. The average Bonchev–Trinajstić information content (AvgIpc) is 0.790. The number of para-hydroxylation sites is 4. The Morgan fingerprint density at radius 1 is 0.282 bits per heavy atom. The number of sulfonamides is 4. The first-order valence-corrected chi connectivity index (χ1v) is 57.4. The molecule has 12 N–H and O–H groups in total. The van der Waals surface area contributed by atoms with Crippen LogP contribution < -0.4 is 80.4 Å². The molecule has 784 valence electrons. The van der Waals surface area contributed by atoms with E-state index in [1.165, 1.54) is 69.2 Å². The van der Waals surface area contributed by atoms with Gasteiger partial charge in [0.1, 0.15) is 42.6 Å². The molecule has 10 rings (SSSR count). The highest BCUT2D eigenvalue weighted by molar-refractivity contribution is 7.90. The Hall–Kier alpha value is -10.4. The largest absolute Gasteiger partial charge is 0.454 e. The normalized spacial score (nSPS) is 13.1. The number of anilines is 4. The van der Waals surface area contributed by atoms with Gasteiger partial charge in [-0.2, -0.15) is 0 Å². The lowest BCUT2D eigenvalue weighted by atomic mass is 9.89. The van der Waals surface area contributed by atoms with Crippen LogP contribution >= 0.6 is 0 Å². The number of ether oxygens (including phenoxy) is 4. The summed E-state index contributed by atoms with van der Waals surface area (Å²) in [4.78, 5) is 64.2. The highest BCUT2D eigenvalue weighted by atomic mass is 32.2. The van der Waals surface area contributed by atoms with Crippen LogP contribution in [0, 0.1) is 11.8 Å². The number of rotatable bonds is 55. The van der Waals surface area contributed by atoms with Gasteiger partial charge in [0.2, 0.25) is 40.1 Å². The molecule has 34 heteroatoms. The van der Waals surface area contributed by atoms with Crippen molar-refractivity contribution in [2.45, 2.75) is 255 Å². The summed E-state index contributed by atoms with van der Waals surface area (Å²) < 4.78 is 126. The minimum atomic E-state index is -4.18. The van der Waals surface area contributed by atoms with Gasteiger partial charge in [0.25, 0.3) is 23.6 Å². The maximum atomic E-state index is 13.3. The molecular formula is C108H162N14O16S4. The molecule has 8 aromatic rings. The monoisotopic (exact) mass is 2040 g/mol. The molecule has 0 spiro atoms. The van der Waals surface area contributed by atoms with Gasteiger partial charge in [0.15, 0.2) is 23.0 Å². The average molecular weight is 2040 g/mol. The topological polar surface area (TPSA) is 413 Å². The SMILES string of the molecule is CCCCN(CCCC)c1cc(C(=O)NCC2CCCCC2)cc(S(N)(=O)=O)c1Oc1ccccc1.CCCCN(CCCC)c1cc(C(=O)NCC2CCCCCC2)cc(S(N)(=O)=O)c1Oc1ccccc1.CCCCN(CCCC)c1cc(C(=O)NCCCN(C)C)cc(S(N)(=O)=O)c1Oc1ccccc1.CCCCN(CCCC)c1cc(C(=O)NCCN(C)C)cc(S(N)(=O)=O)c1Oc1ccccc1. The number of amides is 4. The summed E-state index contributed by atoms with van der Waals surface area (Å²) in [6, 6.07) is 48.4. The molecule has 0 radical (unpaired) electrons. The van der Waals surface area contributed by atoms with Crippen LogP contribution in [0.3, 0.4) is 0 Å². The molecule has 0 unspecified atom stereocenters. The summed E-state index contributed by atoms with van der Waals surface area (Å²) in [5, 5.41) is 34.5. The van der Waals surface area contributed by atoms with Crippen molar-refractivity contribution in [1.82, 2.24) is 31.1 Å². The molecule has 0 aliphatic heterocycles. The maximum Gasteiger partial charge on any atom is 0.251 e. The summed E-state index contributed by atoms with van der Waals surface area (Å²) in [6.45, 7) is 26.2. The Labute approximate surface area is 848 Å². The summed E-state index contributed by atoms with van der Waals surface area (Å²) in [6.07, 6.45) is 29.0. The van der Waals surface area contributed by atoms with Crippen LogP contribution in [-0.4, -0.2) is 187 Å². The van der Waals surface area contributed by atoms with Gasteiger partial charge in [-0.05, 0) is 227 Å². The molecule has 0 heterocycles. The summed E-state index contributed by atoms with van der Waals surface area (Å²) in [7, 11) is -8.94. The molecule has 0 aromatic heterocycles. The van der Waals surface area contributed by atoms with Crippen LogP contribution in [0.4, 0.5) is 22.7 Å². The van der Waals surface area contributed by atoms with E-state index in [1.54, 1.807) is 72.8 Å². The van der Waals surface area contributed by atoms with Crippen molar-refractivity contribution < 1.29 is 71.8 Å². The van der Waals surface area contributed by atoms with Gasteiger partial charge in [-0.15, -0.1) is 0 Å². The summed E-state index contributed by atoms with van der Waals surface area (Å²) in [5.41, 5.74) is 3.31. The molecule has 0 atom stereocenters. The van der Waals surface area contributed by atoms with Gasteiger partial charge >= 0.3 is 0 Å². The first-order chi connectivity index (χ1) is 68.0. The highest BCUT2D eigenvalue weighted by Crippen LogP contribution is 2.45. The van der Waals surface area contributed by atoms with Gasteiger partial charge in [-0.3, -0.25) is 19.2 Å². The second kappa shape index (κ2) is 62.3. The zero-order valence-corrected chi connectivity index (χ0v) is 89.4. The van der Waals surface area contributed by atoms with Crippen LogP contribution in [0.15, 0.2) is 189 Å². The van der Waals surface area contributed by atoms with E-state index in [4.69, 9.17) is 39.5 Å². The van der Waals surface area contributed by atoms with Gasteiger partial charge in [-0.1, -0.05) is 224 Å². The number of primary sulfonamides is 4. The van der Waals surface area contributed by atoms with E-state index in [2.05, 4.69) is 96.3 Å². The van der Waals surface area contributed by atoms with Crippen molar-refractivity contribution in [1.29, 1.82) is 0 Å². The Kier molecular flexibility index (Phi) is 52.0. The Morgan fingerprint density at radius 3 is 0.704 bits per heavy atom.